The molecule has 2 nitrogen and oxygen atoms in total. The number of H-pyrrole nitrogens is 1. The summed E-state index contributed by atoms with van der Waals surface area (Å²) in [6.45, 7) is 5.09. The summed E-state index contributed by atoms with van der Waals surface area (Å²) in [5, 5.41) is 0. The number of aromatic amines is 1. The Labute approximate surface area is 124 Å². The molecule has 102 valence electrons. The molecule has 0 aliphatic rings. The number of fused-ring (bicyclic) bond motifs is 1. The molecule has 1 N–H and O–H groups in total. The molecule has 0 aliphatic heterocycles. The molecule has 0 saturated heterocycles. The molecule has 0 saturated carbocycles. The Hall–Kier alpha value is -1.87. The predicted octanol–water partition coefficient (Wildman–Crippen LogP) is 4.62. The minimum Gasteiger partial charge on any atom is -0.331 e. The van der Waals surface area contributed by atoms with Crippen molar-refractivity contribution in [1.82, 2.24) is 9.55 Å². The van der Waals surface area contributed by atoms with E-state index in [1.165, 1.54) is 22.2 Å². The maximum atomic E-state index is 5.45. The van der Waals surface area contributed by atoms with Gasteiger partial charge in [0.1, 0.15) is 0 Å². The van der Waals surface area contributed by atoms with Crippen LogP contribution in [0.1, 0.15) is 23.6 Å². The van der Waals surface area contributed by atoms with Crippen molar-refractivity contribution < 1.29 is 0 Å². The average molecular weight is 282 g/mol. The second-order valence-corrected chi connectivity index (χ2v) is 5.59. The van der Waals surface area contributed by atoms with E-state index in [1.54, 1.807) is 0 Å². The van der Waals surface area contributed by atoms with E-state index < -0.39 is 0 Å². The van der Waals surface area contributed by atoms with Gasteiger partial charge in [0.2, 0.25) is 0 Å². The van der Waals surface area contributed by atoms with Gasteiger partial charge in [0.05, 0.1) is 17.6 Å². The van der Waals surface area contributed by atoms with Crippen molar-refractivity contribution >= 4 is 23.3 Å². The Morgan fingerprint density at radius 2 is 1.75 bits per heavy atom. The van der Waals surface area contributed by atoms with Crippen LogP contribution >= 0.6 is 12.2 Å². The van der Waals surface area contributed by atoms with Crippen LogP contribution < -0.4 is 0 Å². The summed E-state index contributed by atoms with van der Waals surface area (Å²) in [5.74, 6) is 0. The van der Waals surface area contributed by atoms with Crippen molar-refractivity contribution in [3.05, 3.63) is 63.9 Å². The summed E-state index contributed by atoms with van der Waals surface area (Å²) in [4.78, 5) is 3.27. The van der Waals surface area contributed by atoms with E-state index in [0.29, 0.717) is 0 Å². The number of hydrogen-bond donors (Lipinski definition) is 1. The molecule has 0 unspecified atom stereocenters. The third-order valence-electron chi connectivity index (χ3n) is 3.70. The van der Waals surface area contributed by atoms with E-state index in [4.69, 9.17) is 12.2 Å². The topological polar surface area (TPSA) is 20.7 Å². The van der Waals surface area contributed by atoms with Gasteiger partial charge >= 0.3 is 0 Å². The lowest BCUT2D eigenvalue weighted by Gasteiger charge is -2.06. The highest BCUT2D eigenvalue weighted by Crippen LogP contribution is 2.18. The lowest BCUT2D eigenvalue weighted by molar-refractivity contribution is 0.809. The first-order valence-electron chi connectivity index (χ1n) is 6.94. The molecule has 0 amide bonds. The SMILES string of the molecule is CCc1ccc(Cn2c(=S)[nH]c3ccc(C)cc32)cc1. The van der Waals surface area contributed by atoms with Gasteiger partial charge in [-0.05, 0) is 54.4 Å². The first-order chi connectivity index (χ1) is 9.67. The first kappa shape index (κ1) is 13.1. The van der Waals surface area contributed by atoms with Gasteiger partial charge in [-0.2, -0.15) is 0 Å². The monoisotopic (exact) mass is 282 g/mol. The first-order valence-corrected chi connectivity index (χ1v) is 7.35. The maximum absolute atomic E-state index is 5.45. The molecule has 3 aromatic rings. The molecule has 0 spiro atoms. The van der Waals surface area contributed by atoms with Gasteiger partial charge in [0.25, 0.3) is 0 Å². The summed E-state index contributed by atoms with van der Waals surface area (Å²) < 4.78 is 2.95. The molecular weight excluding hydrogens is 264 g/mol. The molecule has 20 heavy (non-hydrogen) atoms. The summed E-state index contributed by atoms with van der Waals surface area (Å²) in [6, 6.07) is 15.1. The lowest BCUT2D eigenvalue weighted by atomic mass is 10.1. The molecule has 0 atom stereocenters. The Bertz CT molecular complexity index is 794. The van der Waals surface area contributed by atoms with Crippen LogP contribution in [0.5, 0.6) is 0 Å². The number of hydrogen-bond acceptors (Lipinski definition) is 1. The minimum atomic E-state index is 0.783. The molecule has 2 aromatic carbocycles. The Balaban J connectivity index is 2.03. The second kappa shape index (κ2) is 5.25. The standard InChI is InChI=1S/C17H18N2S/c1-3-13-5-7-14(8-6-13)11-19-16-10-12(2)4-9-15(16)18-17(19)20/h4-10H,3,11H2,1-2H3,(H,18,20). The molecule has 1 heterocycles. The Morgan fingerprint density at radius 3 is 2.45 bits per heavy atom. The van der Waals surface area contributed by atoms with Crippen molar-refractivity contribution in [2.24, 2.45) is 0 Å². The van der Waals surface area contributed by atoms with Gasteiger partial charge in [-0.15, -0.1) is 0 Å². The van der Waals surface area contributed by atoms with Crippen molar-refractivity contribution in [1.29, 1.82) is 0 Å². The number of nitrogens with one attached hydrogen (secondary N) is 1. The fourth-order valence-corrected chi connectivity index (χ4v) is 2.76. The zero-order valence-corrected chi connectivity index (χ0v) is 12.6. The zero-order valence-electron chi connectivity index (χ0n) is 11.8. The van der Waals surface area contributed by atoms with Crippen LogP contribution in [0, 0.1) is 11.7 Å². The third-order valence-corrected chi connectivity index (χ3v) is 4.03. The highest BCUT2D eigenvalue weighted by Gasteiger charge is 2.05. The largest absolute Gasteiger partial charge is 0.331 e. The highest BCUT2D eigenvalue weighted by atomic mass is 32.1. The smallest absolute Gasteiger partial charge is 0.178 e. The lowest BCUT2D eigenvalue weighted by Crippen LogP contribution is -2.00. The van der Waals surface area contributed by atoms with E-state index in [0.717, 1.165) is 23.3 Å². The number of aryl methyl sites for hydroxylation is 2. The molecule has 0 aliphatic carbocycles. The Kier molecular flexibility index (Phi) is 3.45. The fraction of sp³-hybridized carbons (Fsp3) is 0.235. The van der Waals surface area contributed by atoms with E-state index in [1.807, 2.05) is 0 Å². The van der Waals surface area contributed by atoms with E-state index in [-0.39, 0.29) is 0 Å². The van der Waals surface area contributed by atoms with E-state index >= 15 is 0 Å². The summed E-state index contributed by atoms with van der Waals surface area (Å²) in [7, 11) is 0. The quantitative estimate of drug-likeness (QED) is 0.695. The molecule has 3 rings (SSSR count). The molecule has 1 aromatic heterocycles. The molecular formula is C17H18N2S. The van der Waals surface area contributed by atoms with Gasteiger partial charge in [0, 0.05) is 0 Å². The number of aromatic nitrogens is 2. The molecule has 0 bridgehead atoms. The van der Waals surface area contributed by atoms with Gasteiger partial charge in [0.15, 0.2) is 4.77 Å². The average Bonchev–Trinajstić information content (AvgIpc) is 2.76. The van der Waals surface area contributed by atoms with Gasteiger partial charge in [-0.1, -0.05) is 37.3 Å². The maximum Gasteiger partial charge on any atom is 0.178 e. The number of nitrogens with zero attached hydrogens (tertiary/aromatic N) is 1. The Morgan fingerprint density at radius 1 is 1.05 bits per heavy atom. The van der Waals surface area contributed by atoms with Crippen LogP contribution in [0.25, 0.3) is 11.0 Å². The number of benzene rings is 2. The fourth-order valence-electron chi connectivity index (χ4n) is 2.48. The van der Waals surface area contributed by atoms with Crippen LogP contribution in [0.2, 0.25) is 0 Å². The van der Waals surface area contributed by atoms with Crippen molar-refractivity contribution in [3.63, 3.8) is 0 Å². The van der Waals surface area contributed by atoms with Gasteiger partial charge < -0.3 is 9.55 Å². The second-order valence-electron chi connectivity index (χ2n) is 5.21. The predicted molar refractivity (Wildman–Crippen MR) is 86.8 cm³/mol. The number of imidazole rings is 1. The van der Waals surface area contributed by atoms with Crippen LogP contribution in [0.3, 0.4) is 0 Å². The summed E-state index contributed by atoms with van der Waals surface area (Å²) >= 11 is 5.45. The highest BCUT2D eigenvalue weighted by molar-refractivity contribution is 7.71. The molecule has 0 radical (unpaired) electrons. The number of rotatable bonds is 3. The van der Waals surface area contributed by atoms with Crippen LogP contribution in [-0.4, -0.2) is 9.55 Å². The van der Waals surface area contributed by atoms with Crippen molar-refractivity contribution in [2.45, 2.75) is 26.8 Å². The van der Waals surface area contributed by atoms with E-state index in [9.17, 15) is 0 Å². The molecule has 3 heteroatoms. The molecule has 0 fully saturated rings. The minimum absolute atomic E-state index is 0.783. The van der Waals surface area contributed by atoms with E-state index in [2.05, 4.69) is 65.9 Å². The van der Waals surface area contributed by atoms with Crippen molar-refractivity contribution in [2.75, 3.05) is 0 Å². The zero-order chi connectivity index (χ0) is 14.1. The summed E-state index contributed by atoms with van der Waals surface area (Å²) in [5.41, 5.74) is 6.18. The normalized spacial score (nSPS) is 11.1. The van der Waals surface area contributed by atoms with Gasteiger partial charge in [-0.3, -0.25) is 0 Å². The van der Waals surface area contributed by atoms with Crippen LogP contribution in [-0.2, 0) is 13.0 Å². The third kappa shape index (κ3) is 2.41. The van der Waals surface area contributed by atoms with Crippen LogP contribution in [0.4, 0.5) is 0 Å². The summed E-state index contributed by atoms with van der Waals surface area (Å²) in [6.07, 6.45) is 1.08. The van der Waals surface area contributed by atoms with Crippen molar-refractivity contribution in [3.8, 4) is 0 Å². The van der Waals surface area contributed by atoms with Gasteiger partial charge in [-0.25, -0.2) is 0 Å². The van der Waals surface area contributed by atoms with Crippen LogP contribution in [0.15, 0.2) is 42.5 Å².